The molecule has 0 fully saturated rings. The number of alkyl halides is 4. The normalized spacial score (nSPS) is 13.2. The SMILES string of the molecule is CCCCCCc1ccc(OC(F)(F)C(C)CCCOC(F)(F)c2c(F)cc(CC)cc2F)cc1. The number of rotatable bonds is 15. The Balaban J connectivity index is 1.84. The van der Waals surface area contributed by atoms with Crippen LogP contribution in [0.2, 0.25) is 0 Å². The highest BCUT2D eigenvalue weighted by Gasteiger charge is 2.41. The zero-order valence-electron chi connectivity index (χ0n) is 20.5. The zero-order valence-corrected chi connectivity index (χ0v) is 20.5. The third-order valence-electron chi connectivity index (χ3n) is 5.94. The molecule has 1 unspecified atom stereocenters. The standard InChI is InChI=1S/C27H34F6O2/c1-4-6-7-8-11-21-12-14-22(15-13-21)35-26(30,31)19(3)10-9-16-34-27(32,33)25-23(28)17-20(5-2)18-24(25)29/h12-15,17-19H,4-11,16H2,1-3H3. The summed E-state index contributed by atoms with van der Waals surface area (Å²) < 4.78 is 94.7. The predicted octanol–water partition coefficient (Wildman–Crippen LogP) is 8.80. The molecule has 0 radical (unpaired) electrons. The van der Waals surface area contributed by atoms with E-state index in [1.54, 1.807) is 19.1 Å². The molecule has 0 aliphatic heterocycles. The van der Waals surface area contributed by atoms with Crippen molar-refractivity contribution in [2.75, 3.05) is 6.61 Å². The number of hydrogen-bond acceptors (Lipinski definition) is 2. The van der Waals surface area contributed by atoms with E-state index in [-0.39, 0.29) is 30.6 Å². The van der Waals surface area contributed by atoms with Crippen LogP contribution in [-0.4, -0.2) is 12.7 Å². The van der Waals surface area contributed by atoms with Crippen molar-refractivity contribution < 1.29 is 35.8 Å². The Morgan fingerprint density at radius 1 is 0.829 bits per heavy atom. The average molecular weight is 505 g/mol. The van der Waals surface area contributed by atoms with Gasteiger partial charge in [-0.1, -0.05) is 52.2 Å². The maximum Gasteiger partial charge on any atom is 0.400 e. The fourth-order valence-corrected chi connectivity index (χ4v) is 3.68. The van der Waals surface area contributed by atoms with E-state index in [0.717, 1.165) is 49.8 Å². The molecule has 0 saturated heterocycles. The molecule has 0 amide bonds. The quantitative estimate of drug-likeness (QED) is 0.178. The van der Waals surface area contributed by atoms with E-state index < -0.39 is 41.9 Å². The molecule has 0 aliphatic rings. The van der Waals surface area contributed by atoms with E-state index in [9.17, 15) is 26.3 Å². The molecule has 0 aliphatic carbocycles. The third kappa shape index (κ3) is 8.74. The molecule has 0 N–H and O–H groups in total. The van der Waals surface area contributed by atoms with Crippen molar-refractivity contribution in [1.82, 2.24) is 0 Å². The molecule has 8 heteroatoms. The first-order valence-corrected chi connectivity index (χ1v) is 12.2. The monoisotopic (exact) mass is 504 g/mol. The summed E-state index contributed by atoms with van der Waals surface area (Å²) in [5.74, 6) is -4.10. The minimum absolute atomic E-state index is 0.0171. The fraction of sp³-hybridized carbons (Fsp3) is 0.556. The molecule has 2 rings (SSSR count). The Hall–Kier alpha value is -2.22. The van der Waals surface area contributed by atoms with Crippen molar-refractivity contribution in [3.63, 3.8) is 0 Å². The average Bonchev–Trinajstić information content (AvgIpc) is 2.79. The Morgan fingerprint density at radius 2 is 1.46 bits per heavy atom. The summed E-state index contributed by atoms with van der Waals surface area (Å²) in [5.41, 5.74) is -0.206. The van der Waals surface area contributed by atoms with Crippen LogP contribution in [-0.2, 0) is 23.7 Å². The van der Waals surface area contributed by atoms with Crippen molar-refractivity contribution in [1.29, 1.82) is 0 Å². The molecule has 35 heavy (non-hydrogen) atoms. The number of unbranched alkanes of at least 4 members (excludes halogenated alkanes) is 3. The van der Waals surface area contributed by atoms with Crippen molar-refractivity contribution >= 4 is 0 Å². The molecule has 0 saturated carbocycles. The molecular weight excluding hydrogens is 470 g/mol. The van der Waals surface area contributed by atoms with E-state index in [0.29, 0.717) is 0 Å². The number of hydrogen-bond donors (Lipinski definition) is 0. The van der Waals surface area contributed by atoms with E-state index in [1.165, 1.54) is 19.1 Å². The van der Waals surface area contributed by atoms with Crippen molar-refractivity contribution in [2.45, 2.75) is 84.4 Å². The van der Waals surface area contributed by atoms with Crippen LogP contribution >= 0.6 is 0 Å². The van der Waals surface area contributed by atoms with Crippen LogP contribution < -0.4 is 4.74 Å². The maximum atomic E-state index is 14.5. The molecule has 1 atom stereocenters. The molecule has 0 spiro atoms. The second-order valence-corrected chi connectivity index (χ2v) is 8.82. The first-order valence-electron chi connectivity index (χ1n) is 12.2. The summed E-state index contributed by atoms with van der Waals surface area (Å²) in [7, 11) is 0. The summed E-state index contributed by atoms with van der Waals surface area (Å²) >= 11 is 0. The van der Waals surface area contributed by atoms with Gasteiger partial charge in [0.2, 0.25) is 0 Å². The van der Waals surface area contributed by atoms with Gasteiger partial charge in [0.25, 0.3) is 0 Å². The van der Waals surface area contributed by atoms with Gasteiger partial charge in [-0.05, 0) is 67.5 Å². The lowest BCUT2D eigenvalue weighted by molar-refractivity contribution is -0.254. The van der Waals surface area contributed by atoms with E-state index in [1.807, 2.05) is 0 Å². The lowest BCUT2D eigenvalue weighted by Crippen LogP contribution is -2.33. The Bertz CT molecular complexity index is 891. The molecule has 196 valence electrons. The van der Waals surface area contributed by atoms with Crippen LogP contribution in [0.15, 0.2) is 36.4 Å². The van der Waals surface area contributed by atoms with Gasteiger partial charge in [-0.2, -0.15) is 17.6 Å². The molecule has 2 aromatic rings. The molecule has 0 aromatic heterocycles. The summed E-state index contributed by atoms with van der Waals surface area (Å²) in [6, 6.07) is 8.15. The van der Waals surface area contributed by atoms with E-state index in [2.05, 4.69) is 11.7 Å². The summed E-state index contributed by atoms with van der Waals surface area (Å²) in [6.07, 6.45) is -2.53. The molecule has 2 nitrogen and oxygen atoms in total. The molecule has 0 heterocycles. The van der Waals surface area contributed by atoms with Crippen molar-refractivity contribution in [3.8, 4) is 5.75 Å². The predicted molar refractivity (Wildman–Crippen MR) is 124 cm³/mol. The number of ether oxygens (including phenoxy) is 2. The zero-order chi connectivity index (χ0) is 26.1. The maximum absolute atomic E-state index is 14.5. The fourth-order valence-electron chi connectivity index (χ4n) is 3.68. The van der Waals surface area contributed by atoms with Crippen LogP contribution in [0.5, 0.6) is 5.75 Å². The van der Waals surface area contributed by atoms with Gasteiger partial charge < -0.3 is 9.47 Å². The first-order chi connectivity index (χ1) is 16.5. The van der Waals surface area contributed by atoms with Gasteiger partial charge in [0.05, 0.1) is 12.5 Å². The lowest BCUT2D eigenvalue weighted by Gasteiger charge is -2.25. The number of halogens is 6. The Morgan fingerprint density at radius 3 is 2.03 bits per heavy atom. The van der Waals surface area contributed by atoms with Gasteiger partial charge in [0.1, 0.15) is 22.9 Å². The molecule has 0 bridgehead atoms. The highest BCUT2D eigenvalue weighted by molar-refractivity contribution is 5.29. The number of aryl methyl sites for hydroxylation is 2. The second-order valence-electron chi connectivity index (χ2n) is 8.82. The van der Waals surface area contributed by atoms with Gasteiger partial charge in [-0.15, -0.1) is 0 Å². The highest BCUT2D eigenvalue weighted by atomic mass is 19.3. The van der Waals surface area contributed by atoms with E-state index in [4.69, 9.17) is 4.74 Å². The highest BCUT2D eigenvalue weighted by Crippen LogP contribution is 2.35. The largest absolute Gasteiger partial charge is 0.432 e. The first kappa shape index (κ1) is 29.0. The number of benzene rings is 2. The van der Waals surface area contributed by atoms with Crippen LogP contribution in [0.1, 0.15) is 76.0 Å². The third-order valence-corrected chi connectivity index (χ3v) is 5.94. The Kier molecular flexibility index (Phi) is 10.9. The van der Waals surface area contributed by atoms with Gasteiger partial charge in [-0.25, -0.2) is 8.78 Å². The minimum atomic E-state index is -4.22. The summed E-state index contributed by atoms with van der Waals surface area (Å²) in [6.45, 7) is 4.34. The second kappa shape index (κ2) is 13.2. The van der Waals surface area contributed by atoms with Gasteiger partial charge >= 0.3 is 12.2 Å². The summed E-state index contributed by atoms with van der Waals surface area (Å²) in [5, 5.41) is 0. The van der Waals surface area contributed by atoms with Crippen LogP contribution in [0.3, 0.4) is 0 Å². The summed E-state index contributed by atoms with van der Waals surface area (Å²) in [4.78, 5) is 0. The molecular formula is C27H34F6O2. The van der Waals surface area contributed by atoms with Crippen LogP contribution in [0, 0.1) is 17.6 Å². The van der Waals surface area contributed by atoms with Crippen molar-refractivity contribution in [3.05, 3.63) is 64.7 Å². The van der Waals surface area contributed by atoms with Crippen LogP contribution in [0.4, 0.5) is 26.3 Å². The lowest BCUT2D eigenvalue weighted by atomic mass is 10.0. The molecule has 2 aromatic carbocycles. The van der Waals surface area contributed by atoms with Crippen LogP contribution in [0.25, 0.3) is 0 Å². The van der Waals surface area contributed by atoms with Gasteiger partial charge in [-0.3, -0.25) is 0 Å². The minimum Gasteiger partial charge on any atom is -0.432 e. The van der Waals surface area contributed by atoms with Gasteiger partial charge in [0, 0.05) is 0 Å². The van der Waals surface area contributed by atoms with Gasteiger partial charge in [0.15, 0.2) is 0 Å². The van der Waals surface area contributed by atoms with Crippen molar-refractivity contribution in [2.24, 2.45) is 5.92 Å². The van der Waals surface area contributed by atoms with E-state index >= 15 is 0 Å². The topological polar surface area (TPSA) is 18.5 Å². The smallest absolute Gasteiger partial charge is 0.400 e. The Labute approximate surface area is 203 Å².